The minimum atomic E-state index is -3.11. The zero-order valence-corrected chi connectivity index (χ0v) is 8.61. The smallest absolute Gasteiger partial charge is 0.175 e. The van der Waals surface area contributed by atoms with Crippen LogP contribution in [-0.4, -0.2) is 20.6 Å². The molecule has 1 aromatic rings. The van der Waals surface area contributed by atoms with E-state index in [1.807, 2.05) is 0 Å². The SMILES string of the molecule is CS(=O)(=O)c1ccc2c(c1)OCS2. The van der Waals surface area contributed by atoms with Crippen LogP contribution in [0.1, 0.15) is 0 Å². The van der Waals surface area contributed by atoms with E-state index in [1.54, 1.807) is 30.0 Å². The molecule has 0 unspecified atom stereocenters. The van der Waals surface area contributed by atoms with Gasteiger partial charge in [0.2, 0.25) is 0 Å². The number of rotatable bonds is 1. The van der Waals surface area contributed by atoms with Gasteiger partial charge in [0.1, 0.15) is 11.7 Å². The van der Waals surface area contributed by atoms with Crippen molar-refractivity contribution >= 4 is 21.6 Å². The van der Waals surface area contributed by atoms with Crippen molar-refractivity contribution in [3.05, 3.63) is 18.2 Å². The molecule has 0 aliphatic carbocycles. The molecule has 1 aromatic carbocycles. The van der Waals surface area contributed by atoms with Gasteiger partial charge in [-0.05, 0) is 18.2 Å². The fourth-order valence-corrected chi connectivity index (χ4v) is 2.48. The molecule has 13 heavy (non-hydrogen) atoms. The van der Waals surface area contributed by atoms with Crippen molar-refractivity contribution in [1.29, 1.82) is 0 Å². The summed E-state index contributed by atoms with van der Waals surface area (Å²) in [5.41, 5.74) is 0. The maximum atomic E-state index is 11.2. The fourth-order valence-electron chi connectivity index (χ4n) is 1.11. The van der Waals surface area contributed by atoms with E-state index in [2.05, 4.69) is 0 Å². The fraction of sp³-hybridized carbons (Fsp3) is 0.250. The van der Waals surface area contributed by atoms with Crippen LogP contribution in [0.2, 0.25) is 0 Å². The summed E-state index contributed by atoms with van der Waals surface area (Å²) in [7, 11) is -3.11. The molecule has 0 saturated carbocycles. The van der Waals surface area contributed by atoms with Crippen LogP contribution in [0.15, 0.2) is 28.0 Å². The van der Waals surface area contributed by atoms with Crippen LogP contribution in [0, 0.1) is 0 Å². The van der Waals surface area contributed by atoms with E-state index in [4.69, 9.17) is 4.74 Å². The van der Waals surface area contributed by atoms with Crippen molar-refractivity contribution in [2.45, 2.75) is 9.79 Å². The minimum absolute atomic E-state index is 0.314. The number of ether oxygens (including phenoxy) is 1. The zero-order chi connectivity index (χ0) is 9.47. The molecule has 0 fully saturated rings. The van der Waals surface area contributed by atoms with E-state index >= 15 is 0 Å². The molecule has 1 aliphatic rings. The first-order valence-electron chi connectivity index (χ1n) is 3.67. The van der Waals surface area contributed by atoms with Gasteiger partial charge < -0.3 is 4.74 Å². The van der Waals surface area contributed by atoms with Crippen molar-refractivity contribution in [1.82, 2.24) is 0 Å². The lowest BCUT2D eigenvalue weighted by atomic mass is 10.3. The monoisotopic (exact) mass is 216 g/mol. The van der Waals surface area contributed by atoms with Gasteiger partial charge in [-0.3, -0.25) is 0 Å². The van der Waals surface area contributed by atoms with Crippen LogP contribution >= 0.6 is 11.8 Å². The highest BCUT2D eigenvalue weighted by Crippen LogP contribution is 2.37. The van der Waals surface area contributed by atoms with Gasteiger partial charge in [0.05, 0.1) is 9.79 Å². The Kier molecular flexibility index (Phi) is 2.00. The van der Waals surface area contributed by atoms with Crippen molar-refractivity contribution in [2.75, 3.05) is 12.2 Å². The highest BCUT2D eigenvalue weighted by molar-refractivity contribution is 7.99. The number of sulfone groups is 1. The molecule has 1 heterocycles. The van der Waals surface area contributed by atoms with Crippen LogP contribution in [0.3, 0.4) is 0 Å². The summed E-state index contributed by atoms with van der Waals surface area (Å²) in [5, 5.41) is 0. The first-order chi connectivity index (χ1) is 6.07. The molecule has 0 saturated heterocycles. The topological polar surface area (TPSA) is 43.4 Å². The molecular weight excluding hydrogens is 208 g/mol. The molecule has 0 N–H and O–H groups in total. The lowest BCUT2D eigenvalue weighted by Crippen LogP contribution is -1.96. The summed E-state index contributed by atoms with van der Waals surface area (Å²) < 4.78 is 27.6. The molecule has 2 rings (SSSR count). The predicted octanol–water partition coefficient (Wildman–Crippen LogP) is 1.53. The second-order valence-electron chi connectivity index (χ2n) is 2.79. The van der Waals surface area contributed by atoms with Crippen LogP contribution in [-0.2, 0) is 9.84 Å². The van der Waals surface area contributed by atoms with Gasteiger partial charge >= 0.3 is 0 Å². The molecule has 0 atom stereocenters. The zero-order valence-electron chi connectivity index (χ0n) is 6.98. The summed E-state index contributed by atoms with van der Waals surface area (Å²) in [6, 6.07) is 4.96. The summed E-state index contributed by atoms with van der Waals surface area (Å²) in [5.74, 6) is 1.25. The van der Waals surface area contributed by atoms with Gasteiger partial charge in [-0.2, -0.15) is 0 Å². The number of fused-ring (bicyclic) bond motifs is 1. The highest BCUT2D eigenvalue weighted by Gasteiger charge is 2.16. The molecule has 5 heteroatoms. The van der Waals surface area contributed by atoms with Gasteiger partial charge in [0, 0.05) is 6.26 Å². The van der Waals surface area contributed by atoms with Gasteiger partial charge in [0.15, 0.2) is 9.84 Å². The third kappa shape index (κ3) is 1.66. The summed E-state index contributed by atoms with van der Waals surface area (Å²) in [6.07, 6.45) is 1.19. The van der Waals surface area contributed by atoms with Crippen molar-refractivity contribution in [2.24, 2.45) is 0 Å². The van der Waals surface area contributed by atoms with Crippen molar-refractivity contribution in [3.63, 3.8) is 0 Å². The second-order valence-corrected chi connectivity index (χ2v) is 5.77. The molecule has 0 radical (unpaired) electrons. The largest absolute Gasteiger partial charge is 0.481 e. The van der Waals surface area contributed by atoms with Gasteiger partial charge in [-0.15, -0.1) is 0 Å². The van der Waals surface area contributed by atoms with Crippen LogP contribution in [0.4, 0.5) is 0 Å². The Balaban J connectivity index is 2.54. The second kappa shape index (κ2) is 2.92. The number of thioether (sulfide) groups is 1. The maximum absolute atomic E-state index is 11.2. The van der Waals surface area contributed by atoms with Crippen molar-refractivity contribution < 1.29 is 13.2 Å². The summed E-state index contributed by atoms with van der Waals surface area (Å²) in [4.78, 5) is 1.32. The number of benzene rings is 1. The van der Waals surface area contributed by atoms with E-state index in [-0.39, 0.29) is 0 Å². The third-order valence-corrected chi connectivity index (χ3v) is 3.77. The van der Waals surface area contributed by atoms with Crippen molar-refractivity contribution in [3.8, 4) is 5.75 Å². The maximum Gasteiger partial charge on any atom is 0.175 e. The molecule has 3 nitrogen and oxygen atoms in total. The third-order valence-electron chi connectivity index (χ3n) is 1.77. The highest BCUT2D eigenvalue weighted by atomic mass is 32.2. The van der Waals surface area contributed by atoms with E-state index < -0.39 is 9.84 Å². The van der Waals surface area contributed by atoms with Gasteiger partial charge in [-0.1, -0.05) is 11.8 Å². The van der Waals surface area contributed by atoms with E-state index in [0.29, 0.717) is 16.6 Å². The Labute approximate surface area is 81.0 Å². The summed E-state index contributed by atoms with van der Waals surface area (Å²) >= 11 is 1.57. The molecule has 70 valence electrons. The van der Waals surface area contributed by atoms with Crippen LogP contribution in [0.25, 0.3) is 0 Å². The Morgan fingerprint density at radius 1 is 1.46 bits per heavy atom. The van der Waals surface area contributed by atoms with Gasteiger partial charge in [-0.25, -0.2) is 8.42 Å². The quantitative estimate of drug-likeness (QED) is 0.714. The summed E-state index contributed by atoms with van der Waals surface area (Å²) in [6.45, 7) is 0. The standard InChI is InChI=1S/C8H8O3S2/c1-13(9,10)6-2-3-8-7(4-6)11-5-12-8/h2-4H,5H2,1H3. The van der Waals surface area contributed by atoms with Crippen LogP contribution in [0.5, 0.6) is 5.75 Å². The molecule has 0 aromatic heterocycles. The van der Waals surface area contributed by atoms with Crippen LogP contribution < -0.4 is 4.74 Å². The molecule has 0 bridgehead atoms. The Hall–Kier alpha value is -0.680. The Bertz CT molecular complexity index is 437. The van der Waals surface area contributed by atoms with E-state index in [0.717, 1.165) is 4.90 Å². The Morgan fingerprint density at radius 2 is 2.23 bits per heavy atom. The first kappa shape index (κ1) is 8.90. The molecular formula is C8H8O3S2. The lowest BCUT2D eigenvalue weighted by Gasteiger charge is -2.00. The molecule has 0 spiro atoms. The predicted molar refractivity (Wildman–Crippen MR) is 50.9 cm³/mol. The lowest BCUT2D eigenvalue weighted by molar-refractivity contribution is 0.396. The number of hydrogen-bond acceptors (Lipinski definition) is 4. The van der Waals surface area contributed by atoms with E-state index in [9.17, 15) is 8.42 Å². The number of hydrogen-bond donors (Lipinski definition) is 0. The molecule has 0 amide bonds. The minimum Gasteiger partial charge on any atom is -0.481 e. The Morgan fingerprint density at radius 3 is 2.92 bits per heavy atom. The average molecular weight is 216 g/mol. The average Bonchev–Trinajstić information content (AvgIpc) is 2.47. The molecule has 1 aliphatic heterocycles. The van der Waals surface area contributed by atoms with Gasteiger partial charge in [0.25, 0.3) is 0 Å². The first-order valence-corrected chi connectivity index (χ1v) is 6.55. The normalized spacial score (nSPS) is 15.2. The van der Waals surface area contributed by atoms with E-state index in [1.165, 1.54) is 6.26 Å².